The van der Waals surface area contributed by atoms with Crippen molar-refractivity contribution < 1.29 is 9.59 Å². The Kier molecular flexibility index (Phi) is 8.42. The van der Waals surface area contributed by atoms with E-state index in [1.165, 1.54) is 5.56 Å². The van der Waals surface area contributed by atoms with Crippen LogP contribution in [0.25, 0.3) is 17.0 Å². The fraction of sp³-hybridized carbons (Fsp3) is 0.400. The molecule has 6 nitrogen and oxygen atoms in total. The summed E-state index contributed by atoms with van der Waals surface area (Å²) in [6.07, 6.45) is 9.87. The van der Waals surface area contributed by atoms with Crippen LogP contribution in [0.2, 0.25) is 10.0 Å². The largest absolute Gasteiger partial charge is 0.361 e. The van der Waals surface area contributed by atoms with Gasteiger partial charge in [0.2, 0.25) is 5.91 Å². The number of aromatic amines is 1. The summed E-state index contributed by atoms with van der Waals surface area (Å²) in [5.74, 6) is 1.12. The molecule has 0 bridgehead atoms. The highest BCUT2D eigenvalue weighted by Gasteiger charge is 2.27. The molecule has 3 aromatic rings. The third-order valence-electron chi connectivity index (χ3n) is 8.04. The number of rotatable bonds is 6. The molecule has 0 unspecified atom stereocenters. The molecule has 0 spiro atoms. The van der Waals surface area contributed by atoms with Crippen LogP contribution in [-0.4, -0.2) is 66.4 Å². The minimum absolute atomic E-state index is 0.0497. The van der Waals surface area contributed by atoms with Gasteiger partial charge in [-0.15, -0.1) is 0 Å². The Morgan fingerprint density at radius 1 is 1.00 bits per heavy atom. The average molecular weight is 554 g/mol. The molecular formula is C30H34Cl2N4O2. The van der Waals surface area contributed by atoms with E-state index in [0.29, 0.717) is 27.4 Å². The van der Waals surface area contributed by atoms with Gasteiger partial charge < -0.3 is 20.1 Å². The van der Waals surface area contributed by atoms with E-state index >= 15 is 0 Å². The second-order valence-corrected chi connectivity index (χ2v) is 11.2. The number of hydrogen-bond acceptors (Lipinski definition) is 3. The number of nitrogens with zero attached hydrogens (tertiary/aromatic N) is 2. The van der Waals surface area contributed by atoms with Crippen LogP contribution < -0.4 is 5.32 Å². The maximum Gasteiger partial charge on any atom is 0.251 e. The molecule has 2 aliphatic rings. The number of hydrogen-bond donors (Lipinski definition) is 2. The van der Waals surface area contributed by atoms with E-state index in [-0.39, 0.29) is 11.8 Å². The number of carbonyl (C=O) groups is 2. The predicted octanol–water partition coefficient (Wildman–Crippen LogP) is 5.97. The van der Waals surface area contributed by atoms with Crippen LogP contribution in [0.4, 0.5) is 0 Å². The molecule has 2 N–H and O–H groups in total. The fourth-order valence-electron chi connectivity index (χ4n) is 5.78. The molecule has 2 saturated heterocycles. The van der Waals surface area contributed by atoms with E-state index in [9.17, 15) is 9.59 Å². The smallest absolute Gasteiger partial charge is 0.251 e. The lowest BCUT2D eigenvalue weighted by Gasteiger charge is -2.37. The summed E-state index contributed by atoms with van der Waals surface area (Å²) in [4.78, 5) is 32.7. The summed E-state index contributed by atoms with van der Waals surface area (Å²) in [6.45, 7) is 4.86. The minimum Gasteiger partial charge on any atom is -0.361 e. The monoisotopic (exact) mass is 552 g/mol. The van der Waals surface area contributed by atoms with Gasteiger partial charge >= 0.3 is 0 Å². The number of fused-ring (bicyclic) bond motifs is 1. The zero-order chi connectivity index (χ0) is 26.6. The zero-order valence-electron chi connectivity index (χ0n) is 21.7. The Bertz CT molecular complexity index is 1340. The highest BCUT2D eigenvalue weighted by Crippen LogP contribution is 2.34. The van der Waals surface area contributed by atoms with Gasteiger partial charge in [0, 0.05) is 55.4 Å². The van der Waals surface area contributed by atoms with Gasteiger partial charge in [0.1, 0.15) is 0 Å². The molecule has 3 heterocycles. The van der Waals surface area contributed by atoms with Crippen molar-refractivity contribution in [3.63, 3.8) is 0 Å². The molecular weight excluding hydrogens is 519 g/mol. The van der Waals surface area contributed by atoms with Crippen LogP contribution >= 0.6 is 23.2 Å². The van der Waals surface area contributed by atoms with Crippen LogP contribution in [-0.2, 0) is 4.79 Å². The van der Waals surface area contributed by atoms with Crippen molar-refractivity contribution >= 4 is 52.0 Å². The van der Waals surface area contributed by atoms with E-state index in [0.717, 1.165) is 74.9 Å². The van der Waals surface area contributed by atoms with Crippen LogP contribution in [0.1, 0.15) is 53.1 Å². The molecule has 2 aromatic carbocycles. The molecule has 5 rings (SSSR count). The SMILES string of the molecule is CNC(=O)c1ccc2[nH]cc(C3CCN(CC4CCN(C(=O)/C=C/c5ccc(Cl)c(Cl)c5)CC4)CC3)c2c1. The number of H-pyrrole nitrogens is 1. The van der Waals surface area contributed by atoms with Gasteiger partial charge in [-0.3, -0.25) is 9.59 Å². The first-order valence-electron chi connectivity index (χ1n) is 13.4. The lowest BCUT2D eigenvalue weighted by Crippen LogP contribution is -2.42. The highest BCUT2D eigenvalue weighted by atomic mass is 35.5. The van der Waals surface area contributed by atoms with Gasteiger partial charge in [-0.25, -0.2) is 0 Å². The third-order valence-corrected chi connectivity index (χ3v) is 8.77. The molecule has 0 radical (unpaired) electrons. The van der Waals surface area contributed by atoms with Gasteiger partial charge in [0.05, 0.1) is 10.0 Å². The van der Waals surface area contributed by atoms with Crippen molar-refractivity contribution in [3.8, 4) is 0 Å². The summed E-state index contributed by atoms with van der Waals surface area (Å²) in [5.41, 5.74) is 3.98. The summed E-state index contributed by atoms with van der Waals surface area (Å²) < 4.78 is 0. The molecule has 2 amide bonds. The second-order valence-electron chi connectivity index (χ2n) is 10.4. The van der Waals surface area contributed by atoms with Crippen molar-refractivity contribution in [3.05, 3.63) is 75.4 Å². The van der Waals surface area contributed by atoms with Gasteiger partial charge in [0.15, 0.2) is 0 Å². The zero-order valence-corrected chi connectivity index (χ0v) is 23.2. The highest BCUT2D eigenvalue weighted by molar-refractivity contribution is 6.42. The van der Waals surface area contributed by atoms with E-state index < -0.39 is 0 Å². The van der Waals surface area contributed by atoms with Crippen molar-refractivity contribution in [2.24, 2.45) is 5.92 Å². The number of nitrogens with one attached hydrogen (secondary N) is 2. The quantitative estimate of drug-likeness (QED) is 0.370. The van der Waals surface area contributed by atoms with E-state index in [1.807, 2.05) is 29.2 Å². The van der Waals surface area contributed by atoms with Crippen molar-refractivity contribution in [1.82, 2.24) is 20.1 Å². The number of piperidine rings is 2. The van der Waals surface area contributed by atoms with E-state index in [2.05, 4.69) is 21.4 Å². The maximum absolute atomic E-state index is 12.7. The van der Waals surface area contributed by atoms with Gasteiger partial charge in [-0.2, -0.15) is 0 Å². The number of benzene rings is 2. The van der Waals surface area contributed by atoms with Gasteiger partial charge in [0.25, 0.3) is 5.91 Å². The molecule has 2 fully saturated rings. The summed E-state index contributed by atoms with van der Waals surface area (Å²) >= 11 is 12.0. The Labute approximate surface area is 234 Å². The topological polar surface area (TPSA) is 68.4 Å². The third kappa shape index (κ3) is 6.09. The Hall–Kier alpha value is -2.80. The Morgan fingerprint density at radius 3 is 2.47 bits per heavy atom. The van der Waals surface area contributed by atoms with E-state index in [4.69, 9.17) is 23.2 Å². The van der Waals surface area contributed by atoms with Crippen LogP contribution in [0, 0.1) is 5.92 Å². The molecule has 0 atom stereocenters. The number of halogens is 2. The van der Waals surface area contributed by atoms with Gasteiger partial charge in [-0.05, 0) is 98.1 Å². The van der Waals surface area contributed by atoms with E-state index in [1.54, 1.807) is 31.3 Å². The molecule has 8 heteroatoms. The lowest BCUT2D eigenvalue weighted by atomic mass is 9.88. The van der Waals surface area contributed by atoms with Crippen LogP contribution in [0.5, 0.6) is 0 Å². The van der Waals surface area contributed by atoms with Crippen molar-refractivity contribution in [2.45, 2.75) is 31.6 Å². The Morgan fingerprint density at radius 2 is 1.76 bits per heavy atom. The van der Waals surface area contributed by atoms with Crippen molar-refractivity contribution in [1.29, 1.82) is 0 Å². The minimum atomic E-state index is -0.0518. The molecule has 0 aliphatic carbocycles. The molecule has 200 valence electrons. The average Bonchev–Trinajstić information content (AvgIpc) is 3.37. The fourth-order valence-corrected chi connectivity index (χ4v) is 6.09. The molecule has 38 heavy (non-hydrogen) atoms. The second kappa shape index (κ2) is 11.9. The maximum atomic E-state index is 12.7. The Balaban J connectivity index is 1.09. The summed E-state index contributed by atoms with van der Waals surface area (Å²) in [5, 5.41) is 4.88. The number of aromatic nitrogens is 1. The first-order chi connectivity index (χ1) is 18.4. The van der Waals surface area contributed by atoms with Crippen molar-refractivity contribution in [2.75, 3.05) is 39.8 Å². The summed E-state index contributed by atoms with van der Waals surface area (Å²) in [7, 11) is 1.67. The lowest BCUT2D eigenvalue weighted by molar-refractivity contribution is -0.127. The summed E-state index contributed by atoms with van der Waals surface area (Å²) in [6, 6.07) is 11.2. The number of carbonyl (C=O) groups excluding carboxylic acids is 2. The van der Waals surface area contributed by atoms with Gasteiger partial charge in [-0.1, -0.05) is 29.3 Å². The number of likely N-dealkylation sites (tertiary alicyclic amines) is 2. The van der Waals surface area contributed by atoms with Crippen LogP contribution in [0.15, 0.2) is 48.7 Å². The molecule has 2 aliphatic heterocycles. The van der Waals surface area contributed by atoms with Crippen LogP contribution in [0.3, 0.4) is 0 Å². The standard InChI is InChI=1S/C30H34Cl2N4O2/c1-33-30(38)23-4-6-28-24(17-23)25(18-34-28)22-10-12-35(13-11-22)19-21-8-14-36(15-9-21)29(37)7-3-20-2-5-26(31)27(32)16-20/h2-7,16-18,21-22,34H,8-15,19H2,1H3,(H,33,38)/b7-3+. The normalized spacial score (nSPS) is 17.9. The number of amides is 2. The molecule has 1 aromatic heterocycles. The first kappa shape index (κ1) is 26.8. The molecule has 0 saturated carbocycles. The first-order valence-corrected chi connectivity index (χ1v) is 14.1. The predicted molar refractivity (Wildman–Crippen MR) is 155 cm³/mol.